The highest BCUT2D eigenvalue weighted by atomic mass is 16.5. The molecule has 0 unspecified atom stereocenters. The van der Waals surface area contributed by atoms with Crippen molar-refractivity contribution in [2.24, 2.45) is 0 Å². The minimum atomic E-state index is -1.64. The van der Waals surface area contributed by atoms with Gasteiger partial charge in [0.25, 0.3) is 0 Å². The molecule has 7 nitrogen and oxygen atoms in total. The van der Waals surface area contributed by atoms with Gasteiger partial charge in [0.15, 0.2) is 0 Å². The number of para-hydroxylation sites is 1. The third-order valence-corrected chi connectivity index (χ3v) is 2.48. The average molecular weight is 272 g/mol. The van der Waals surface area contributed by atoms with Gasteiger partial charge in [-0.25, -0.2) is 4.79 Å². The zero-order valence-corrected chi connectivity index (χ0v) is 10.0. The number of phenols is 1. The van der Waals surface area contributed by atoms with Crippen molar-refractivity contribution in [3.63, 3.8) is 0 Å². The molecule has 0 radical (unpaired) electrons. The van der Waals surface area contributed by atoms with Crippen molar-refractivity contribution >= 4 is 5.97 Å². The van der Waals surface area contributed by atoms with Gasteiger partial charge in [-0.3, -0.25) is 0 Å². The minimum Gasteiger partial charge on any atom is -0.507 e. The number of hydrogen-bond donors (Lipinski definition) is 5. The highest BCUT2D eigenvalue weighted by molar-refractivity contribution is 5.92. The van der Waals surface area contributed by atoms with E-state index in [4.69, 9.17) is 10.2 Å². The summed E-state index contributed by atoms with van der Waals surface area (Å²) in [6.45, 7) is -1.31. The fourth-order valence-corrected chi connectivity index (χ4v) is 1.35. The molecule has 0 aliphatic rings. The molecule has 106 valence electrons. The van der Waals surface area contributed by atoms with Crippen molar-refractivity contribution in [1.82, 2.24) is 0 Å². The van der Waals surface area contributed by atoms with Gasteiger partial charge in [0.2, 0.25) is 0 Å². The van der Waals surface area contributed by atoms with E-state index in [9.17, 15) is 20.1 Å². The zero-order chi connectivity index (χ0) is 14.4. The summed E-state index contributed by atoms with van der Waals surface area (Å²) >= 11 is 0. The van der Waals surface area contributed by atoms with Crippen LogP contribution in [0.2, 0.25) is 0 Å². The minimum absolute atomic E-state index is 0.0769. The molecule has 1 aromatic carbocycles. The van der Waals surface area contributed by atoms with E-state index in [1.54, 1.807) is 0 Å². The monoisotopic (exact) mass is 272 g/mol. The maximum Gasteiger partial charge on any atom is 0.342 e. The van der Waals surface area contributed by atoms with Crippen molar-refractivity contribution in [2.45, 2.75) is 18.3 Å². The lowest BCUT2D eigenvalue weighted by Gasteiger charge is -2.21. The Bertz CT molecular complexity index is 420. The molecule has 1 rings (SSSR count). The van der Waals surface area contributed by atoms with Gasteiger partial charge in [-0.15, -0.1) is 0 Å². The fourth-order valence-electron chi connectivity index (χ4n) is 1.35. The molecule has 0 bridgehead atoms. The molecule has 0 amide bonds. The van der Waals surface area contributed by atoms with Crippen LogP contribution in [0, 0.1) is 0 Å². The molecule has 19 heavy (non-hydrogen) atoms. The smallest absolute Gasteiger partial charge is 0.342 e. The molecule has 0 aromatic heterocycles. The van der Waals surface area contributed by atoms with E-state index in [0.717, 1.165) is 0 Å². The molecule has 0 aliphatic carbocycles. The Kier molecular flexibility index (Phi) is 5.71. The Morgan fingerprint density at radius 3 is 2.37 bits per heavy atom. The number of carbonyl (C=O) groups is 1. The van der Waals surface area contributed by atoms with E-state index in [-0.39, 0.29) is 11.3 Å². The van der Waals surface area contributed by atoms with E-state index < -0.39 is 37.5 Å². The van der Waals surface area contributed by atoms with Gasteiger partial charge in [0, 0.05) is 0 Å². The topological polar surface area (TPSA) is 127 Å². The highest BCUT2D eigenvalue weighted by Crippen LogP contribution is 2.16. The van der Waals surface area contributed by atoms with Gasteiger partial charge in [-0.2, -0.15) is 0 Å². The van der Waals surface area contributed by atoms with Crippen LogP contribution in [0.4, 0.5) is 0 Å². The summed E-state index contributed by atoms with van der Waals surface area (Å²) in [7, 11) is 0. The number of ether oxygens (including phenoxy) is 1. The van der Waals surface area contributed by atoms with E-state index >= 15 is 0 Å². The molecule has 0 fully saturated rings. The molecule has 5 N–H and O–H groups in total. The largest absolute Gasteiger partial charge is 0.507 e. The Morgan fingerprint density at radius 2 is 1.79 bits per heavy atom. The first-order chi connectivity index (χ1) is 8.97. The van der Waals surface area contributed by atoms with E-state index in [0.29, 0.717) is 0 Å². The van der Waals surface area contributed by atoms with E-state index in [2.05, 4.69) is 4.74 Å². The number of aliphatic hydroxyl groups excluding tert-OH is 4. The quantitative estimate of drug-likeness (QED) is 0.404. The predicted molar refractivity (Wildman–Crippen MR) is 63.5 cm³/mol. The first-order valence-electron chi connectivity index (χ1n) is 5.57. The average Bonchev–Trinajstić information content (AvgIpc) is 2.43. The molecular weight excluding hydrogens is 256 g/mol. The summed E-state index contributed by atoms with van der Waals surface area (Å²) in [5.74, 6) is -1.14. The second kappa shape index (κ2) is 7.05. The van der Waals surface area contributed by atoms with Crippen LogP contribution in [0.3, 0.4) is 0 Å². The van der Waals surface area contributed by atoms with Crippen LogP contribution in [0.5, 0.6) is 5.75 Å². The first kappa shape index (κ1) is 15.4. The molecule has 0 heterocycles. The lowest BCUT2D eigenvalue weighted by molar-refractivity contribution is -0.0925. The van der Waals surface area contributed by atoms with E-state index in [1.807, 2.05) is 0 Å². The normalized spacial score (nSPS) is 15.6. The summed E-state index contributed by atoms with van der Waals surface area (Å²) in [6, 6.07) is 5.69. The summed E-state index contributed by atoms with van der Waals surface area (Å²) in [6.07, 6.45) is -4.71. The number of aliphatic hydroxyl groups is 4. The van der Waals surface area contributed by atoms with Gasteiger partial charge >= 0.3 is 5.97 Å². The molecule has 0 spiro atoms. The molecule has 0 aliphatic heterocycles. The van der Waals surface area contributed by atoms with Gasteiger partial charge in [0.05, 0.1) is 6.61 Å². The Morgan fingerprint density at radius 1 is 1.16 bits per heavy atom. The predicted octanol–water partition coefficient (Wildman–Crippen LogP) is -1.38. The van der Waals surface area contributed by atoms with Gasteiger partial charge in [-0.1, -0.05) is 12.1 Å². The number of benzene rings is 1. The van der Waals surface area contributed by atoms with Crippen LogP contribution in [-0.2, 0) is 4.74 Å². The number of rotatable bonds is 6. The van der Waals surface area contributed by atoms with Crippen molar-refractivity contribution in [3.05, 3.63) is 29.8 Å². The van der Waals surface area contributed by atoms with Gasteiger partial charge < -0.3 is 30.3 Å². The summed E-state index contributed by atoms with van der Waals surface area (Å²) < 4.78 is 4.68. The first-order valence-corrected chi connectivity index (χ1v) is 5.57. The number of phenolic OH excluding ortho intramolecular Hbond substituents is 1. The lowest BCUT2D eigenvalue weighted by Crippen LogP contribution is -2.42. The third kappa shape index (κ3) is 4.18. The molecule has 0 saturated heterocycles. The van der Waals surface area contributed by atoms with Crippen LogP contribution >= 0.6 is 0 Å². The van der Waals surface area contributed by atoms with Crippen molar-refractivity contribution < 1.29 is 35.1 Å². The number of hydrogen-bond acceptors (Lipinski definition) is 7. The highest BCUT2D eigenvalue weighted by Gasteiger charge is 2.25. The molecule has 7 heteroatoms. The molecule has 0 saturated carbocycles. The van der Waals surface area contributed by atoms with Gasteiger partial charge in [0.1, 0.15) is 36.2 Å². The van der Waals surface area contributed by atoms with Crippen molar-refractivity contribution in [1.29, 1.82) is 0 Å². The maximum atomic E-state index is 11.5. The van der Waals surface area contributed by atoms with Crippen LogP contribution in [0.15, 0.2) is 24.3 Å². The molecular formula is C12H16O7. The Hall–Kier alpha value is -1.67. The maximum absolute atomic E-state index is 11.5. The Labute approximate surface area is 109 Å². The van der Waals surface area contributed by atoms with Crippen LogP contribution in [0.25, 0.3) is 0 Å². The number of esters is 1. The van der Waals surface area contributed by atoms with Crippen LogP contribution in [-0.4, -0.2) is 63.0 Å². The van der Waals surface area contributed by atoms with Crippen LogP contribution in [0.1, 0.15) is 10.4 Å². The van der Waals surface area contributed by atoms with Crippen LogP contribution < -0.4 is 0 Å². The number of carbonyl (C=O) groups excluding carboxylic acids is 1. The lowest BCUT2D eigenvalue weighted by atomic mass is 10.1. The van der Waals surface area contributed by atoms with E-state index in [1.165, 1.54) is 24.3 Å². The van der Waals surface area contributed by atoms with Gasteiger partial charge in [-0.05, 0) is 12.1 Å². The standard InChI is InChI=1S/C12H16O7/c13-5-9(15)11(17)10(16)6-19-12(18)7-3-1-2-4-8(7)14/h1-4,9-11,13-17H,5-6H2/t9-,10+,11-/m1/s1. The second-order valence-corrected chi connectivity index (χ2v) is 3.92. The molecule has 1 aromatic rings. The third-order valence-electron chi connectivity index (χ3n) is 2.48. The van der Waals surface area contributed by atoms with Crippen molar-refractivity contribution in [3.8, 4) is 5.75 Å². The summed E-state index contributed by atoms with van der Waals surface area (Å²) in [4.78, 5) is 11.5. The fraction of sp³-hybridized carbons (Fsp3) is 0.417. The summed E-state index contributed by atoms with van der Waals surface area (Å²) in [5, 5.41) is 45.8. The zero-order valence-electron chi connectivity index (χ0n) is 10.0. The second-order valence-electron chi connectivity index (χ2n) is 3.92. The number of aromatic hydroxyl groups is 1. The Balaban J connectivity index is 2.53. The van der Waals surface area contributed by atoms with Crippen molar-refractivity contribution in [2.75, 3.05) is 13.2 Å². The molecule has 3 atom stereocenters. The SMILES string of the molecule is O=C(OC[C@H](O)[C@H](O)[C@H](O)CO)c1ccccc1O. The summed E-state index contributed by atoms with van der Waals surface area (Å²) in [5.41, 5.74) is -0.0769.